The molecule has 0 aromatic heterocycles. The van der Waals surface area contributed by atoms with Gasteiger partial charge in [-0.3, -0.25) is 24.6 Å². The Hall–Kier alpha value is -3.72. The van der Waals surface area contributed by atoms with Crippen LogP contribution in [0.5, 0.6) is 0 Å². The third-order valence-electron chi connectivity index (χ3n) is 6.42. The number of piperidine rings is 1. The summed E-state index contributed by atoms with van der Waals surface area (Å²) in [6.45, 7) is 0.671. The summed E-state index contributed by atoms with van der Waals surface area (Å²) in [4.78, 5) is 53.0. The van der Waals surface area contributed by atoms with Crippen molar-refractivity contribution in [1.29, 1.82) is 0 Å². The number of nitrogens with zero attached hydrogens (tertiary/aromatic N) is 2. The fourth-order valence-corrected chi connectivity index (χ4v) is 4.90. The Balaban J connectivity index is 1.34. The molecule has 3 aliphatic rings. The van der Waals surface area contributed by atoms with Crippen LogP contribution in [0.1, 0.15) is 34.3 Å². The first-order valence-electron chi connectivity index (χ1n) is 10.9. The molecule has 0 spiro atoms. The Morgan fingerprint density at radius 1 is 1.15 bits per heavy atom. The predicted molar refractivity (Wildman–Crippen MR) is 120 cm³/mol. The maximum Gasteiger partial charge on any atom is 0.326 e. The minimum absolute atomic E-state index is 0.105. The molecule has 9 nitrogen and oxygen atoms in total. The van der Waals surface area contributed by atoms with Gasteiger partial charge < -0.3 is 15.0 Å². The first kappa shape index (κ1) is 21.1. The van der Waals surface area contributed by atoms with Crippen molar-refractivity contribution in [2.75, 3.05) is 23.9 Å². The number of methoxy groups -OCH3 is 1. The maximum atomic E-state index is 13.2. The number of anilines is 2. The van der Waals surface area contributed by atoms with E-state index in [9.17, 15) is 19.2 Å². The van der Waals surface area contributed by atoms with E-state index in [0.717, 1.165) is 23.2 Å². The molecule has 0 radical (unpaired) electrons. The Morgan fingerprint density at radius 3 is 2.76 bits per heavy atom. The van der Waals surface area contributed by atoms with E-state index in [0.29, 0.717) is 24.3 Å². The Morgan fingerprint density at radius 2 is 1.97 bits per heavy atom. The summed E-state index contributed by atoms with van der Waals surface area (Å²) < 4.78 is 5.33. The van der Waals surface area contributed by atoms with E-state index in [1.165, 1.54) is 4.90 Å². The van der Waals surface area contributed by atoms with E-state index in [2.05, 4.69) is 10.6 Å². The Labute approximate surface area is 190 Å². The largest absolute Gasteiger partial charge is 0.383 e. The molecule has 1 saturated heterocycles. The van der Waals surface area contributed by atoms with Crippen molar-refractivity contribution < 1.29 is 23.9 Å². The average molecular weight is 448 g/mol. The number of imide groups is 1. The zero-order valence-electron chi connectivity index (χ0n) is 18.2. The summed E-state index contributed by atoms with van der Waals surface area (Å²) in [6.07, 6.45) is 1.23. The Bertz CT molecular complexity index is 1160. The predicted octanol–water partition coefficient (Wildman–Crippen LogP) is 2.06. The van der Waals surface area contributed by atoms with Crippen LogP contribution in [0.25, 0.3) is 0 Å². The van der Waals surface area contributed by atoms with E-state index < -0.39 is 11.9 Å². The van der Waals surface area contributed by atoms with Crippen molar-refractivity contribution in [1.82, 2.24) is 10.2 Å². The van der Waals surface area contributed by atoms with Gasteiger partial charge in [0.2, 0.25) is 11.8 Å². The molecule has 1 fully saturated rings. The van der Waals surface area contributed by atoms with Crippen LogP contribution < -0.4 is 15.5 Å². The van der Waals surface area contributed by atoms with E-state index in [4.69, 9.17) is 4.74 Å². The van der Waals surface area contributed by atoms with Crippen molar-refractivity contribution in [3.8, 4) is 0 Å². The monoisotopic (exact) mass is 448 g/mol. The van der Waals surface area contributed by atoms with Gasteiger partial charge in [0.1, 0.15) is 6.04 Å². The topological polar surface area (TPSA) is 108 Å². The number of benzene rings is 2. The second-order valence-corrected chi connectivity index (χ2v) is 8.51. The number of urea groups is 1. The summed E-state index contributed by atoms with van der Waals surface area (Å²) in [5, 5.41) is 5.24. The van der Waals surface area contributed by atoms with Gasteiger partial charge in [0, 0.05) is 37.0 Å². The molecular formula is C24H24N4O5. The summed E-state index contributed by atoms with van der Waals surface area (Å²) in [7, 11) is 1.62. The fourth-order valence-electron chi connectivity index (χ4n) is 4.90. The smallest absolute Gasteiger partial charge is 0.326 e. The highest BCUT2D eigenvalue weighted by Crippen LogP contribution is 2.34. The third-order valence-corrected chi connectivity index (χ3v) is 6.42. The number of rotatable bonds is 4. The highest BCUT2D eigenvalue weighted by molar-refractivity contribution is 6.07. The van der Waals surface area contributed by atoms with Crippen molar-refractivity contribution in [2.45, 2.75) is 37.9 Å². The molecule has 2 aromatic carbocycles. The van der Waals surface area contributed by atoms with Gasteiger partial charge in [-0.25, -0.2) is 4.79 Å². The molecule has 5 amide bonds. The lowest BCUT2D eigenvalue weighted by molar-refractivity contribution is -0.136. The van der Waals surface area contributed by atoms with Crippen LogP contribution in [0.2, 0.25) is 0 Å². The molecule has 0 saturated carbocycles. The number of hydrogen-bond acceptors (Lipinski definition) is 5. The van der Waals surface area contributed by atoms with E-state index in [1.54, 1.807) is 30.2 Å². The van der Waals surface area contributed by atoms with E-state index in [1.807, 2.05) is 24.3 Å². The lowest BCUT2D eigenvalue weighted by atomic mass is 10.0. The summed E-state index contributed by atoms with van der Waals surface area (Å²) >= 11 is 0. The lowest BCUT2D eigenvalue weighted by Crippen LogP contribution is -2.52. The zero-order valence-corrected chi connectivity index (χ0v) is 18.2. The van der Waals surface area contributed by atoms with Crippen molar-refractivity contribution in [3.05, 3.63) is 59.2 Å². The molecule has 2 N–H and O–H groups in total. The third kappa shape index (κ3) is 3.74. The van der Waals surface area contributed by atoms with Crippen LogP contribution in [0.15, 0.2) is 42.5 Å². The van der Waals surface area contributed by atoms with Crippen LogP contribution in [0.4, 0.5) is 16.2 Å². The van der Waals surface area contributed by atoms with Crippen LogP contribution >= 0.6 is 0 Å². The van der Waals surface area contributed by atoms with Gasteiger partial charge in [-0.2, -0.15) is 0 Å². The van der Waals surface area contributed by atoms with Crippen molar-refractivity contribution >= 4 is 35.1 Å². The first-order valence-corrected chi connectivity index (χ1v) is 10.9. The van der Waals surface area contributed by atoms with Crippen LogP contribution in [-0.4, -0.2) is 54.5 Å². The van der Waals surface area contributed by atoms with Crippen LogP contribution in [-0.2, 0) is 27.3 Å². The number of para-hydroxylation sites is 1. The van der Waals surface area contributed by atoms with E-state index in [-0.39, 0.29) is 36.9 Å². The molecule has 3 heterocycles. The molecule has 2 atom stereocenters. The molecule has 1 unspecified atom stereocenters. The van der Waals surface area contributed by atoms with Gasteiger partial charge in [-0.05, 0) is 48.2 Å². The number of ether oxygens (including phenoxy) is 1. The summed E-state index contributed by atoms with van der Waals surface area (Å²) in [6, 6.07) is 11.9. The maximum absolute atomic E-state index is 13.2. The fraction of sp³-hybridized carbons (Fsp3) is 0.333. The number of carbonyl (C=O) groups is 4. The van der Waals surface area contributed by atoms with E-state index >= 15 is 0 Å². The molecule has 170 valence electrons. The lowest BCUT2D eigenvalue weighted by Gasteiger charge is -2.29. The van der Waals surface area contributed by atoms with Gasteiger partial charge >= 0.3 is 6.03 Å². The number of carbonyl (C=O) groups excluding carboxylic acids is 4. The van der Waals surface area contributed by atoms with Gasteiger partial charge in [0.15, 0.2) is 0 Å². The van der Waals surface area contributed by atoms with Crippen LogP contribution in [0.3, 0.4) is 0 Å². The normalized spacial score (nSPS) is 21.7. The molecular weight excluding hydrogens is 424 g/mol. The molecule has 9 heteroatoms. The first-order chi connectivity index (χ1) is 16.0. The van der Waals surface area contributed by atoms with Crippen LogP contribution in [0, 0.1) is 0 Å². The summed E-state index contributed by atoms with van der Waals surface area (Å²) in [5.41, 5.74) is 3.75. The number of hydrogen-bond donors (Lipinski definition) is 2. The summed E-state index contributed by atoms with van der Waals surface area (Å²) in [5.74, 6) is -1.01. The molecule has 2 aromatic rings. The number of nitrogens with one attached hydrogen (secondary N) is 2. The van der Waals surface area contributed by atoms with Gasteiger partial charge in [-0.15, -0.1) is 0 Å². The standard InChI is InChI=1S/C24H24N4O5/c1-33-13-17-11-14-4-2-3-5-19(14)28(17)24(32)25-16-6-7-18-15(10-16)12-27(23(18)31)20-8-9-21(29)26-22(20)30/h2-7,10,17,20H,8-9,11-13H2,1H3,(H,25,32)(H,26,29,30)/t17-,20?/m1/s1. The van der Waals surface area contributed by atoms with Crippen molar-refractivity contribution in [2.24, 2.45) is 0 Å². The minimum atomic E-state index is -0.670. The van der Waals surface area contributed by atoms with Gasteiger partial charge in [0.05, 0.1) is 12.6 Å². The second kappa shape index (κ2) is 8.32. The highest BCUT2D eigenvalue weighted by Gasteiger charge is 2.39. The zero-order chi connectivity index (χ0) is 23.1. The molecule has 3 aliphatic heterocycles. The highest BCUT2D eigenvalue weighted by atomic mass is 16.5. The number of fused-ring (bicyclic) bond motifs is 2. The minimum Gasteiger partial charge on any atom is -0.383 e. The van der Waals surface area contributed by atoms with Gasteiger partial charge in [0.25, 0.3) is 5.91 Å². The van der Waals surface area contributed by atoms with Crippen molar-refractivity contribution in [3.63, 3.8) is 0 Å². The SMILES string of the molecule is COC[C@H]1Cc2ccccc2N1C(=O)Nc1ccc2c(c1)CN(C1CCC(=O)NC1=O)C2=O. The average Bonchev–Trinajstić information content (AvgIpc) is 3.31. The second-order valence-electron chi connectivity index (χ2n) is 8.51. The molecule has 33 heavy (non-hydrogen) atoms. The quantitative estimate of drug-likeness (QED) is 0.696. The number of amides is 5. The Kier molecular flexibility index (Phi) is 5.33. The molecule has 0 aliphatic carbocycles. The molecule has 5 rings (SSSR count). The molecule has 0 bridgehead atoms. The van der Waals surface area contributed by atoms with Gasteiger partial charge in [-0.1, -0.05) is 18.2 Å².